The van der Waals surface area contributed by atoms with E-state index in [-0.39, 0.29) is 11.5 Å². The molecule has 1 radical (unpaired) electrons. The molecule has 0 heterocycles. The van der Waals surface area contributed by atoms with Gasteiger partial charge in [-0.3, -0.25) is 0 Å². The number of hydrogen-bond donors (Lipinski definition) is 0. The first-order valence-electron chi connectivity index (χ1n) is 4.10. The molecule has 0 fully saturated rings. The van der Waals surface area contributed by atoms with Gasteiger partial charge in [-0.05, 0) is 19.3 Å². The maximum atomic E-state index is 11.1. The van der Waals surface area contributed by atoms with Crippen LogP contribution in [0.5, 0.6) is 0 Å². The van der Waals surface area contributed by atoms with Crippen molar-refractivity contribution in [1.29, 1.82) is 0 Å². The summed E-state index contributed by atoms with van der Waals surface area (Å²) in [6.07, 6.45) is -0.283. The van der Waals surface area contributed by atoms with Crippen LogP contribution >= 0.6 is 0 Å². The lowest BCUT2D eigenvalue weighted by molar-refractivity contribution is 0.107. The lowest BCUT2D eigenvalue weighted by Gasteiger charge is -2.25. The Kier molecular flexibility index (Phi) is 4.07. The maximum absolute atomic E-state index is 11.1. The van der Waals surface area contributed by atoms with Crippen LogP contribution in [0.1, 0.15) is 20.8 Å². The van der Waals surface area contributed by atoms with Crippen LogP contribution in [0.2, 0.25) is 0 Å². The van der Waals surface area contributed by atoms with Crippen molar-refractivity contribution in [3.05, 3.63) is 6.92 Å². The van der Waals surface area contributed by atoms with Crippen molar-refractivity contribution in [1.82, 2.24) is 4.90 Å². The lowest BCUT2D eigenvalue weighted by Crippen LogP contribution is -2.35. The van der Waals surface area contributed by atoms with Crippen LogP contribution in [0.4, 0.5) is 4.79 Å². The second-order valence-corrected chi connectivity index (χ2v) is 3.72. The third-order valence-corrected chi connectivity index (χ3v) is 1.24. The largest absolute Gasteiger partial charge is 0.450 e. The zero-order chi connectivity index (χ0) is 9.78. The molecule has 0 aliphatic carbocycles. The molecule has 0 aromatic rings. The molecule has 0 aliphatic rings. The molecule has 0 aliphatic heterocycles. The standard InChI is InChI=1S/C9H18NO2/c1-6-12-8(11)10(5)7-9(2,3)4/h2,6-7H2,1,3-5H3. The fourth-order valence-electron chi connectivity index (χ4n) is 0.940. The van der Waals surface area contributed by atoms with Gasteiger partial charge in [0, 0.05) is 13.6 Å². The molecule has 0 saturated heterocycles. The SMILES string of the molecule is [CH2]C(C)(C)CN(C)C(=O)OCC. The number of amides is 1. The molecule has 0 saturated carbocycles. The van der Waals surface area contributed by atoms with Gasteiger partial charge in [0.1, 0.15) is 0 Å². The summed E-state index contributed by atoms with van der Waals surface area (Å²) in [7, 11) is 1.71. The Labute approximate surface area is 74.7 Å². The number of carbonyl (C=O) groups excluding carboxylic acids is 1. The summed E-state index contributed by atoms with van der Waals surface area (Å²) in [4.78, 5) is 12.6. The Hall–Kier alpha value is -0.730. The molecule has 1 amide bonds. The predicted octanol–water partition coefficient (Wildman–Crippen LogP) is 1.93. The topological polar surface area (TPSA) is 29.5 Å². The van der Waals surface area contributed by atoms with E-state index in [1.165, 1.54) is 4.90 Å². The van der Waals surface area contributed by atoms with Crippen molar-refractivity contribution in [2.45, 2.75) is 20.8 Å². The molecule has 0 aromatic heterocycles. The lowest BCUT2D eigenvalue weighted by atomic mass is 9.96. The smallest absolute Gasteiger partial charge is 0.409 e. The molecular formula is C9H18NO2. The average Bonchev–Trinajstić information content (AvgIpc) is 1.84. The van der Waals surface area contributed by atoms with Gasteiger partial charge in [0.05, 0.1) is 6.61 Å². The first kappa shape index (κ1) is 11.3. The fraction of sp³-hybridized carbons (Fsp3) is 0.778. The summed E-state index contributed by atoms with van der Waals surface area (Å²) >= 11 is 0. The Morgan fingerprint density at radius 1 is 1.58 bits per heavy atom. The van der Waals surface area contributed by atoms with Gasteiger partial charge in [-0.2, -0.15) is 0 Å². The predicted molar refractivity (Wildman–Crippen MR) is 48.8 cm³/mol. The fourth-order valence-corrected chi connectivity index (χ4v) is 0.940. The summed E-state index contributed by atoms with van der Waals surface area (Å²) in [5.74, 6) is 0. The molecule has 0 spiro atoms. The minimum atomic E-state index is -0.283. The monoisotopic (exact) mass is 172 g/mol. The highest BCUT2D eigenvalue weighted by molar-refractivity contribution is 5.67. The van der Waals surface area contributed by atoms with E-state index >= 15 is 0 Å². The van der Waals surface area contributed by atoms with E-state index in [1.807, 2.05) is 13.8 Å². The van der Waals surface area contributed by atoms with Crippen molar-refractivity contribution in [2.75, 3.05) is 20.2 Å². The molecule has 0 aromatic carbocycles. The van der Waals surface area contributed by atoms with E-state index in [9.17, 15) is 4.79 Å². The number of carbonyl (C=O) groups is 1. The zero-order valence-electron chi connectivity index (χ0n) is 8.39. The van der Waals surface area contributed by atoms with Gasteiger partial charge >= 0.3 is 6.09 Å². The van der Waals surface area contributed by atoms with Crippen molar-refractivity contribution in [3.8, 4) is 0 Å². The molecule has 3 heteroatoms. The van der Waals surface area contributed by atoms with E-state index in [0.717, 1.165) is 0 Å². The highest BCUT2D eigenvalue weighted by Gasteiger charge is 2.17. The van der Waals surface area contributed by atoms with Gasteiger partial charge < -0.3 is 9.64 Å². The van der Waals surface area contributed by atoms with Crippen LogP contribution < -0.4 is 0 Å². The normalized spacial score (nSPS) is 11.1. The van der Waals surface area contributed by atoms with Crippen LogP contribution in [-0.4, -0.2) is 31.2 Å². The van der Waals surface area contributed by atoms with Crippen LogP contribution in [0, 0.1) is 12.3 Å². The molecule has 71 valence electrons. The van der Waals surface area contributed by atoms with Gasteiger partial charge in [-0.15, -0.1) is 0 Å². The van der Waals surface area contributed by atoms with Crippen molar-refractivity contribution >= 4 is 6.09 Å². The van der Waals surface area contributed by atoms with Crippen molar-refractivity contribution < 1.29 is 9.53 Å². The van der Waals surface area contributed by atoms with Gasteiger partial charge in [0.25, 0.3) is 0 Å². The first-order valence-corrected chi connectivity index (χ1v) is 4.10. The first-order chi connectivity index (χ1) is 5.37. The summed E-state index contributed by atoms with van der Waals surface area (Å²) in [5.41, 5.74) is -0.124. The van der Waals surface area contributed by atoms with Crippen LogP contribution in [0.3, 0.4) is 0 Å². The quantitative estimate of drug-likeness (QED) is 0.651. The molecule has 0 unspecified atom stereocenters. The van der Waals surface area contributed by atoms with Gasteiger partial charge in [-0.1, -0.05) is 13.8 Å². The molecule has 0 rings (SSSR count). The summed E-state index contributed by atoms with van der Waals surface area (Å²) in [6, 6.07) is 0. The zero-order valence-corrected chi connectivity index (χ0v) is 8.39. The number of ether oxygens (including phenoxy) is 1. The summed E-state index contributed by atoms with van der Waals surface area (Å²) in [6.45, 7) is 10.7. The third-order valence-electron chi connectivity index (χ3n) is 1.24. The van der Waals surface area contributed by atoms with Crippen molar-refractivity contribution in [3.63, 3.8) is 0 Å². The highest BCUT2D eigenvalue weighted by Crippen LogP contribution is 2.13. The second kappa shape index (κ2) is 4.33. The molecular weight excluding hydrogens is 154 g/mol. The van der Waals surface area contributed by atoms with E-state index < -0.39 is 0 Å². The molecule has 12 heavy (non-hydrogen) atoms. The summed E-state index contributed by atoms with van der Waals surface area (Å²) < 4.78 is 4.81. The Bertz CT molecular complexity index is 149. The number of rotatable bonds is 3. The molecule has 3 nitrogen and oxygen atoms in total. The average molecular weight is 172 g/mol. The van der Waals surface area contributed by atoms with Crippen molar-refractivity contribution in [2.24, 2.45) is 5.41 Å². The van der Waals surface area contributed by atoms with E-state index in [0.29, 0.717) is 13.2 Å². The Morgan fingerprint density at radius 3 is 2.42 bits per heavy atom. The van der Waals surface area contributed by atoms with Gasteiger partial charge in [0.15, 0.2) is 0 Å². The number of nitrogens with zero attached hydrogens (tertiary/aromatic N) is 1. The summed E-state index contributed by atoms with van der Waals surface area (Å²) in [5, 5.41) is 0. The minimum absolute atomic E-state index is 0.124. The van der Waals surface area contributed by atoms with Crippen LogP contribution in [0.15, 0.2) is 0 Å². The van der Waals surface area contributed by atoms with E-state index in [2.05, 4.69) is 6.92 Å². The second-order valence-electron chi connectivity index (χ2n) is 3.72. The van der Waals surface area contributed by atoms with E-state index in [4.69, 9.17) is 4.74 Å². The van der Waals surface area contributed by atoms with Gasteiger partial charge in [0.2, 0.25) is 0 Å². The highest BCUT2D eigenvalue weighted by atomic mass is 16.5. The third kappa shape index (κ3) is 4.99. The molecule has 0 N–H and O–H groups in total. The van der Waals surface area contributed by atoms with Crippen LogP contribution in [0.25, 0.3) is 0 Å². The molecule has 0 atom stereocenters. The van der Waals surface area contributed by atoms with Crippen LogP contribution in [-0.2, 0) is 4.74 Å². The maximum Gasteiger partial charge on any atom is 0.409 e. The van der Waals surface area contributed by atoms with Gasteiger partial charge in [-0.25, -0.2) is 4.79 Å². The molecule has 0 bridgehead atoms. The van der Waals surface area contributed by atoms with E-state index in [1.54, 1.807) is 14.0 Å². The minimum Gasteiger partial charge on any atom is -0.450 e. The Balaban J connectivity index is 3.87. The Morgan fingerprint density at radius 2 is 2.08 bits per heavy atom. The number of hydrogen-bond acceptors (Lipinski definition) is 2.